The predicted molar refractivity (Wildman–Crippen MR) is 265 cm³/mol. The number of imide groups is 1. The second-order valence-corrected chi connectivity index (χ2v) is 20.7. The van der Waals surface area contributed by atoms with Gasteiger partial charge in [0.25, 0.3) is 11.5 Å². The van der Waals surface area contributed by atoms with Crippen molar-refractivity contribution in [3.63, 3.8) is 0 Å². The van der Waals surface area contributed by atoms with Crippen LogP contribution in [0.2, 0.25) is 0 Å². The summed E-state index contributed by atoms with van der Waals surface area (Å²) in [7, 11) is -2.98. The van der Waals surface area contributed by atoms with Crippen LogP contribution < -0.4 is 27.5 Å². The molecule has 2 unspecified atom stereocenters. The molecular weight excluding hydrogens is 994 g/mol. The standard InChI is InChI=1S/C49H56N5O17PS/c1-28-26-54(49(65)50-45(28)60)43-24-36(57)39(71-43)27-69-72(66,67-2)68-19-20-73-40-25-42(59)53(47(40)62)18-10-8-6-4-3-5-7-9-11-41(58)51-52-46(61)29-12-15-32(48(63)64)35(21-29)44-33-16-13-30(55)22-37(33)70-38-23-31(56)14-17-34(38)44/h12-17,21-23,26,36,39-40,43,55,57H,3-11,18-20,24-25,27H2,1-2H3,(H,51,58)(H,52,61)(H,63,64)(H,50,60,65)/t36-,39-,40?,43-,72?/m1/s1. The number of hydrogen-bond acceptors (Lipinski definition) is 17. The summed E-state index contributed by atoms with van der Waals surface area (Å²) in [6, 6.07) is 12.3. The number of phenols is 1. The summed E-state index contributed by atoms with van der Waals surface area (Å²) >= 11 is 1.19. The first-order valence-corrected chi connectivity index (χ1v) is 26.2. The first-order chi connectivity index (χ1) is 34.9. The lowest BCUT2D eigenvalue weighted by molar-refractivity contribution is -0.138. The van der Waals surface area contributed by atoms with Crippen molar-refractivity contribution in [3.05, 3.63) is 109 Å². The number of carboxylic acid groups (broad SMARTS) is 1. The average molecular weight is 1050 g/mol. The van der Waals surface area contributed by atoms with Gasteiger partial charge in [-0.15, -0.1) is 11.8 Å². The Labute approximate surface area is 421 Å². The fourth-order valence-corrected chi connectivity index (χ4v) is 10.7. The lowest BCUT2D eigenvalue weighted by Gasteiger charge is -2.20. The molecular formula is C49H56N5O17PS. The van der Waals surface area contributed by atoms with Crippen molar-refractivity contribution in [2.24, 2.45) is 0 Å². The number of carbonyl (C=O) groups is 5. The summed E-state index contributed by atoms with van der Waals surface area (Å²) in [5.41, 5.74) is 4.55. The van der Waals surface area contributed by atoms with Crippen LogP contribution >= 0.6 is 19.6 Å². The van der Waals surface area contributed by atoms with Crippen LogP contribution in [0.1, 0.15) is 103 Å². The van der Waals surface area contributed by atoms with E-state index in [0.717, 1.165) is 50.2 Å². The Bertz CT molecular complexity index is 3070. The molecule has 390 valence electrons. The number of carboxylic acids is 1. The topological polar surface area (TPSA) is 312 Å². The largest absolute Gasteiger partial charge is 0.508 e. The summed E-state index contributed by atoms with van der Waals surface area (Å²) in [5.74, 6) is -2.66. The molecule has 1 aliphatic carbocycles. The number of aromatic hydroxyl groups is 1. The third kappa shape index (κ3) is 13.6. The van der Waals surface area contributed by atoms with Gasteiger partial charge in [0.1, 0.15) is 29.4 Å². The molecule has 0 radical (unpaired) electrons. The van der Waals surface area contributed by atoms with Gasteiger partial charge in [-0.05, 0) is 67.8 Å². The number of aliphatic hydroxyl groups is 1. The number of phenolic OH excluding ortho intramolecular Hbond substituents is 1. The van der Waals surface area contributed by atoms with Crippen LogP contribution in [-0.4, -0.2) is 109 Å². The van der Waals surface area contributed by atoms with E-state index in [1.54, 1.807) is 6.07 Å². The quantitative estimate of drug-likeness (QED) is 0.0148. The van der Waals surface area contributed by atoms with E-state index in [1.165, 1.54) is 78.3 Å². The van der Waals surface area contributed by atoms with Gasteiger partial charge in [-0.3, -0.25) is 67.6 Å². The van der Waals surface area contributed by atoms with E-state index in [9.17, 15) is 58.2 Å². The Morgan fingerprint density at radius 1 is 0.904 bits per heavy atom. The minimum absolute atomic E-state index is 0.0107. The number of aromatic nitrogens is 2. The van der Waals surface area contributed by atoms with E-state index in [0.29, 0.717) is 35.9 Å². The normalized spacial score (nSPS) is 18.6. The summed E-state index contributed by atoms with van der Waals surface area (Å²) in [5, 5.41) is 30.5. The number of aliphatic hydroxyl groups excluding tert-OH is 1. The molecule has 2 fully saturated rings. The van der Waals surface area contributed by atoms with E-state index in [2.05, 4.69) is 15.8 Å². The van der Waals surface area contributed by atoms with Crippen molar-refractivity contribution >= 4 is 60.2 Å². The third-order valence-electron chi connectivity index (χ3n) is 12.4. The molecule has 4 aliphatic rings. The first kappa shape index (κ1) is 54.3. The molecule has 24 heteroatoms. The van der Waals surface area contributed by atoms with Crippen LogP contribution in [0.4, 0.5) is 0 Å². The number of nitrogens with one attached hydrogen (secondary N) is 3. The molecule has 1 aromatic heterocycles. The zero-order chi connectivity index (χ0) is 52.4. The van der Waals surface area contributed by atoms with Crippen LogP contribution in [0.5, 0.6) is 5.75 Å². The third-order valence-corrected chi connectivity index (χ3v) is 15.0. The predicted octanol–water partition coefficient (Wildman–Crippen LogP) is 5.40. The molecule has 3 aliphatic heterocycles. The number of phosphoric acid groups is 1. The molecule has 4 heterocycles. The van der Waals surface area contributed by atoms with E-state index < -0.39 is 67.1 Å². The SMILES string of the molecule is COP(=O)(OCCSC1CC(=O)N(CCCCCCCCCCC(=O)NNC(=O)c2ccc(C(=O)O)c(-c3c4ccc(=O)cc-4oc4cc(O)ccc34)c2)C1=O)OC[C@H]1O[C@@H](n2cc(C)c(=O)[nH]c2=O)C[C@H]1O. The number of nitrogens with zero attached hydrogens (tertiary/aromatic N) is 2. The van der Waals surface area contributed by atoms with Gasteiger partial charge in [-0.2, -0.15) is 0 Å². The highest BCUT2D eigenvalue weighted by atomic mass is 32.2. The Kier molecular flexibility index (Phi) is 18.2. The number of hydrogen-bond donors (Lipinski definition) is 6. The molecule has 4 amide bonds. The number of phosphoric ester groups is 1. The minimum atomic E-state index is -4.10. The Morgan fingerprint density at radius 3 is 2.38 bits per heavy atom. The number of aromatic carboxylic acids is 1. The maximum Gasteiger partial charge on any atom is 0.474 e. The highest BCUT2D eigenvalue weighted by molar-refractivity contribution is 8.00. The summed E-state index contributed by atoms with van der Waals surface area (Å²) < 4.78 is 41.6. The smallest absolute Gasteiger partial charge is 0.474 e. The number of aromatic amines is 1. The van der Waals surface area contributed by atoms with Gasteiger partial charge < -0.3 is 24.5 Å². The number of unbranched alkanes of at least 4 members (excludes halogenated alkanes) is 7. The number of rotatable bonds is 24. The fourth-order valence-electron chi connectivity index (χ4n) is 8.61. The molecule has 3 aromatic rings. The minimum Gasteiger partial charge on any atom is -0.508 e. The van der Waals surface area contributed by atoms with E-state index in [1.807, 2.05) is 0 Å². The zero-order valence-corrected chi connectivity index (χ0v) is 41.7. The summed E-state index contributed by atoms with van der Waals surface area (Å²) in [6.45, 7) is 1.30. The highest BCUT2D eigenvalue weighted by Crippen LogP contribution is 2.49. The molecule has 2 aromatic carbocycles. The molecule has 22 nitrogen and oxygen atoms in total. The summed E-state index contributed by atoms with van der Waals surface area (Å²) in [6.07, 6.45) is 5.01. The van der Waals surface area contributed by atoms with Gasteiger partial charge in [0, 0.05) is 84.6 Å². The highest BCUT2D eigenvalue weighted by Gasteiger charge is 2.40. The lowest BCUT2D eigenvalue weighted by Crippen LogP contribution is -2.41. The van der Waals surface area contributed by atoms with E-state index >= 15 is 0 Å². The number of hydrazine groups is 1. The van der Waals surface area contributed by atoms with Crippen molar-refractivity contribution in [1.29, 1.82) is 0 Å². The van der Waals surface area contributed by atoms with Gasteiger partial charge in [-0.25, -0.2) is 14.2 Å². The van der Waals surface area contributed by atoms with Crippen molar-refractivity contribution in [1.82, 2.24) is 25.3 Å². The maximum absolute atomic E-state index is 13.2. The van der Waals surface area contributed by atoms with Crippen LogP contribution in [0.3, 0.4) is 0 Å². The molecule has 0 spiro atoms. The van der Waals surface area contributed by atoms with Gasteiger partial charge in [0.15, 0.2) is 5.43 Å². The number of thioether (sulfide) groups is 1. The molecule has 2 saturated heterocycles. The number of amides is 4. The van der Waals surface area contributed by atoms with Gasteiger partial charge in [0.05, 0.1) is 30.1 Å². The van der Waals surface area contributed by atoms with E-state index in [4.69, 9.17) is 22.7 Å². The monoisotopic (exact) mass is 1050 g/mol. The fraction of sp³-hybridized carbons (Fsp3) is 0.429. The zero-order valence-electron chi connectivity index (χ0n) is 40.0. The van der Waals surface area contributed by atoms with Crippen molar-refractivity contribution in [2.75, 3.05) is 32.6 Å². The molecule has 0 bridgehead atoms. The number of benzene rings is 3. The van der Waals surface area contributed by atoms with Gasteiger partial charge >= 0.3 is 19.5 Å². The van der Waals surface area contributed by atoms with Crippen molar-refractivity contribution in [2.45, 2.75) is 101 Å². The Balaban J connectivity index is 0.752. The van der Waals surface area contributed by atoms with Crippen LogP contribution in [0.15, 0.2) is 79.6 Å². The summed E-state index contributed by atoms with van der Waals surface area (Å²) in [4.78, 5) is 104. The number of likely N-dealkylation sites (tertiary alicyclic amines) is 1. The van der Waals surface area contributed by atoms with Crippen LogP contribution in [-0.2, 0) is 37.3 Å². The van der Waals surface area contributed by atoms with Crippen molar-refractivity contribution in [3.8, 4) is 28.2 Å². The Morgan fingerprint density at radius 2 is 1.64 bits per heavy atom. The number of carbonyl (C=O) groups excluding carboxylic acids is 4. The number of H-pyrrole nitrogens is 1. The number of aryl methyl sites for hydroxylation is 1. The molecule has 7 rings (SSSR count). The number of fused-ring (bicyclic) bond motifs is 2. The van der Waals surface area contributed by atoms with E-state index in [-0.39, 0.29) is 88.2 Å². The average Bonchev–Trinajstić information content (AvgIpc) is 3.87. The lowest BCUT2D eigenvalue weighted by atomic mass is 9.89. The maximum atomic E-state index is 13.2. The van der Waals surface area contributed by atoms with Gasteiger partial charge in [0.2, 0.25) is 17.7 Å². The molecule has 6 N–H and O–H groups in total. The second-order valence-electron chi connectivity index (χ2n) is 17.6. The van der Waals surface area contributed by atoms with Gasteiger partial charge in [-0.1, -0.05) is 38.5 Å². The van der Waals surface area contributed by atoms with Crippen LogP contribution in [0, 0.1) is 6.92 Å². The molecule has 0 saturated carbocycles. The second kappa shape index (κ2) is 24.5. The number of ether oxygens (including phenoxy) is 1. The van der Waals surface area contributed by atoms with Crippen LogP contribution in [0.25, 0.3) is 33.4 Å². The van der Waals surface area contributed by atoms with Crippen molar-refractivity contribution < 1.29 is 66.6 Å². The first-order valence-electron chi connectivity index (χ1n) is 23.7. The Hall–Kier alpha value is -6.46. The molecule has 73 heavy (non-hydrogen) atoms. The molecule has 5 atom stereocenters.